The third kappa shape index (κ3) is 5.32. The first-order valence-electron chi connectivity index (χ1n) is 9.62. The minimum absolute atomic E-state index is 0.0947. The van der Waals surface area contributed by atoms with Crippen LogP contribution >= 0.6 is 0 Å². The number of hydrogen-bond donors (Lipinski definition) is 1. The van der Waals surface area contributed by atoms with Crippen LogP contribution in [0, 0.1) is 0 Å². The van der Waals surface area contributed by atoms with E-state index in [-0.39, 0.29) is 31.4 Å². The van der Waals surface area contributed by atoms with Gasteiger partial charge < -0.3 is 19.6 Å². The zero-order chi connectivity index (χ0) is 22.6. The van der Waals surface area contributed by atoms with Gasteiger partial charge in [-0.1, -0.05) is 12.1 Å². The standard InChI is InChI=1S/C21H22F3N3O4/c1-14(29)27(19-10-25-8-6-18(19)21(22,23)24)16-7-9-26(11-16)20(30)13-31-17-4-2-15(12-28)3-5-17/h2-6,8,10,16,28H,7,9,11-13H2,1H3/t16-/m1/s1. The predicted octanol–water partition coefficient (Wildman–Crippen LogP) is 2.63. The third-order valence-electron chi connectivity index (χ3n) is 5.05. The van der Waals surface area contributed by atoms with Crippen molar-refractivity contribution in [1.29, 1.82) is 0 Å². The Morgan fingerprint density at radius 3 is 2.58 bits per heavy atom. The first-order chi connectivity index (χ1) is 14.7. The molecular formula is C21H22F3N3O4. The SMILES string of the molecule is CC(=O)N(c1cnccc1C(F)(F)F)[C@@H]1CCN(C(=O)COc2ccc(CO)cc2)C1. The Morgan fingerprint density at radius 1 is 1.26 bits per heavy atom. The zero-order valence-electron chi connectivity index (χ0n) is 16.8. The summed E-state index contributed by atoms with van der Waals surface area (Å²) in [5.74, 6) is -0.436. The number of anilines is 1. The monoisotopic (exact) mass is 437 g/mol. The molecule has 0 unspecified atom stereocenters. The fraction of sp³-hybridized carbons (Fsp3) is 0.381. The number of pyridine rings is 1. The number of carbonyl (C=O) groups excluding carboxylic acids is 2. The summed E-state index contributed by atoms with van der Waals surface area (Å²) in [6.45, 7) is 1.23. The van der Waals surface area contributed by atoms with Gasteiger partial charge in [0.25, 0.3) is 5.91 Å². The highest BCUT2D eigenvalue weighted by Gasteiger charge is 2.39. The van der Waals surface area contributed by atoms with E-state index >= 15 is 0 Å². The lowest BCUT2D eigenvalue weighted by Crippen LogP contribution is -2.43. The van der Waals surface area contributed by atoms with E-state index < -0.39 is 23.7 Å². The van der Waals surface area contributed by atoms with Crippen molar-refractivity contribution in [2.24, 2.45) is 0 Å². The number of aromatic nitrogens is 1. The molecule has 1 atom stereocenters. The second kappa shape index (κ2) is 9.34. The van der Waals surface area contributed by atoms with Crippen molar-refractivity contribution in [2.45, 2.75) is 32.2 Å². The van der Waals surface area contributed by atoms with Crippen molar-refractivity contribution in [3.8, 4) is 5.75 Å². The smallest absolute Gasteiger partial charge is 0.418 e. The molecule has 1 fully saturated rings. The molecule has 3 rings (SSSR count). The molecule has 10 heteroatoms. The molecule has 166 valence electrons. The van der Waals surface area contributed by atoms with E-state index in [1.165, 1.54) is 11.8 Å². The lowest BCUT2D eigenvalue weighted by molar-refractivity contribution is -0.137. The maximum atomic E-state index is 13.4. The molecule has 0 saturated carbocycles. The summed E-state index contributed by atoms with van der Waals surface area (Å²) in [6, 6.07) is 6.83. The fourth-order valence-corrected chi connectivity index (χ4v) is 3.55. The van der Waals surface area contributed by atoms with E-state index in [1.54, 1.807) is 24.3 Å². The third-order valence-corrected chi connectivity index (χ3v) is 5.05. The summed E-state index contributed by atoms with van der Waals surface area (Å²) in [5.41, 5.74) is -0.557. The fourth-order valence-electron chi connectivity index (χ4n) is 3.55. The molecule has 31 heavy (non-hydrogen) atoms. The molecule has 1 aromatic heterocycles. The van der Waals surface area contributed by atoms with Crippen molar-refractivity contribution < 1.29 is 32.6 Å². The first-order valence-corrected chi connectivity index (χ1v) is 9.62. The molecule has 2 heterocycles. The van der Waals surface area contributed by atoms with Gasteiger partial charge in [-0.15, -0.1) is 0 Å². The lowest BCUT2D eigenvalue weighted by Gasteiger charge is -2.30. The Morgan fingerprint density at radius 2 is 1.97 bits per heavy atom. The number of rotatable bonds is 6. The van der Waals surface area contributed by atoms with E-state index in [4.69, 9.17) is 9.84 Å². The summed E-state index contributed by atoms with van der Waals surface area (Å²) in [5, 5.41) is 9.05. The summed E-state index contributed by atoms with van der Waals surface area (Å²) >= 11 is 0. The van der Waals surface area contributed by atoms with Crippen molar-refractivity contribution >= 4 is 17.5 Å². The molecule has 7 nitrogen and oxygen atoms in total. The Balaban J connectivity index is 1.68. The van der Waals surface area contributed by atoms with Gasteiger partial charge in [0, 0.05) is 26.2 Å². The van der Waals surface area contributed by atoms with Crippen LogP contribution in [0.1, 0.15) is 24.5 Å². The van der Waals surface area contributed by atoms with Gasteiger partial charge in [-0.25, -0.2) is 0 Å². The van der Waals surface area contributed by atoms with E-state index in [1.807, 2.05) is 0 Å². The largest absolute Gasteiger partial charge is 0.484 e. The van der Waals surface area contributed by atoms with E-state index in [2.05, 4.69) is 4.98 Å². The van der Waals surface area contributed by atoms with E-state index in [0.29, 0.717) is 24.3 Å². The molecule has 0 bridgehead atoms. The van der Waals surface area contributed by atoms with Crippen molar-refractivity contribution in [3.05, 3.63) is 53.9 Å². The Kier molecular flexibility index (Phi) is 6.79. The highest BCUT2D eigenvalue weighted by molar-refractivity contribution is 5.93. The maximum absolute atomic E-state index is 13.4. The Bertz CT molecular complexity index is 934. The molecule has 0 spiro atoms. The summed E-state index contributed by atoms with van der Waals surface area (Å²) in [7, 11) is 0. The summed E-state index contributed by atoms with van der Waals surface area (Å²) in [4.78, 5) is 31.0. The average Bonchev–Trinajstić information content (AvgIpc) is 3.21. The van der Waals surface area contributed by atoms with E-state index in [9.17, 15) is 22.8 Å². The van der Waals surface area contributed by atoms with Gasteiger partial charge in [-0.05, 0) is 30.2 Å². The average molecular weight is 437 g/mol. The van der Waals surface area contributed by atoms with Crippen LogP contribution in [0.25, 0.3) is 0 Å². The van der Waals surface area contributed by atoms with Crippen molar-refractivity contribution in [3.63, 3.8) is 0 Å². The number of halogens is 3. The molecule has 1 aliphatic heterocycles. The number of hydrogen-bond acceptors (Lipinski definition) is 5. The van der Waals surface area contributed by atoms with Gasteiger partial charge in [0.05, 0.1) is 30.1 Å². The molecule has 2 amide bonds. The summed E-state index contributed by atoms with van der Waals surface area (Å²) < 4.78 is 45.7. The highest BCUT2D eigenvalue weighted by atomic mass is 19.4. The van der Waals surface area contributed by atoms with E-state index in [0.717, 1.165) is 23.4 Å². The topological polar surface area (TPSA) is 83.0 Å². The number of benzene rings is 1. The van der Waals surface area contributed by atoms with Gasteiger partial charge in [0.2, 0.25) is 5.91 Å². The quantitative estimate of drug-likeness (QED) is 0.751. The van der Waals surface area contributed by atoms with Gasteiger partial charge in [0.1, 0.15) is 5.75 Å². The second-order valence-electron chi connectivity index (χ2n) is 7.15. The van der Waals surface area contributed by atoms with Crippen LogP contribution in [0.2, 0.25) is 0 Å². The van der Waals surface area contributed by atoms with Crippen LogP contribution in [0.3, 0.4) is 0 Å². The van der Waals surface area contributed by atoms with Gasteiger partial charge in [-0.3, -0.25) is 14.6 Å². The number of nitrogens with zero attached hydrogens (tertiary/aromatic N) is 3. The normalized spacial score (nSPS) is 16.3. The van der Waals surface area contributed by atoms with Gasteiger partial charge in [0.15, 0.2) is 6.61 Å². The molecule has 2 aromatic rings. The lowest BCUT2D eigenvalue weighted by atomic mass is 10.1. The minimum atomic E-state index is -4.64. The Labute approximate surface area is 177 Å². The molecule has 0 radical (unpaired) electrons. The molecule has 1 aromatic carbocycles. The van der Waals surface area contributed by atoms with Gasteiger partial charge in [-0.2, -0.15) is 13.2 Å². The number of aliphatic hydroxyl groups is 1. The highest BCUT2D eigenvalue weighted by Crippen LogP contribution is 2.37. The first kappa shape index (κ1) is 22.5. The number of carbonyl (C=O) groups is 2. The van der Waals surface area contributed by atoms with Crippen molar-refractivity contribution in [2.75, 3.05) is 24.6 Å². The molecule has 1 aliphatic rings. The molecule has 0 aliphatic carbocycles. The second-order valence-corrected chi connectivity index (χ2v) is 7.15. The Hall–Kier alpha value is -3.14. The van der Waals surface area contributed by atoms with Crippen LogP contribution in [-0.4, -0.2) is 52.5 Å². The van der Waals surface area contributed by atoms with Crippen LogP contribution in [0.15, 0.2) is 42.7 Å². The molecule has 1 saturated heterocycles. The minimum Gasteiger partial charge on any atom is -0.484 e. The number of likely N-dealkylation sites (tertiary alicyclic amines) is 1. The number of ether oxygens (including phenoxy) is 1. The maximum Gasteiger partial charge on any atom is 0.418 e. The van der Waals surface area contributed by atoms with Crippen molar-refractivity contribution in [1.82, 2.24) is 9.88 Å². The van der Waals surface area contributed by atoms with Gasteiger partial charge >= 0.3 is 6.18 Å². The van der Waals surface area contributed by atoms with Crippen LogP contribution < -0.4 is 9.64 Å². The predicted molar refractivity (Wildman–Crippen MR) is 105 cm³/mol. The molecule has 1 N–H and O–H groups in total. The number of amides is 2. The molecular weight excluding hydrogens is 415 g/mol. The van der Waals surface area contributed by atoms with Crippen LogP contribution in [0.5, 0.6) is 5.75 Å². The number of aliphatic hydroxyl groups excluding tert-OH is 1. The summed E-state index contributed by atoms with van der Waals surface area (Å²) in [6.07, 6.45) is -2.25. The van der Waals surface area contributed by atoms with Crippen LogP contribution in [0.4, 0.5) is 18.9 Å². The van der Waals surface area contributed by atoms with Crippen LogP contribution in [-0.2, 0) is 22.4 Å². The number of alkyl halides is 3. The zero-order valence-corrected chi connectivity index (χ0v) is 16.8.